The summed E-state index contributed by atoms with van der Waals surface area (Å²) in [7, 11) is 0. The van der Waals surface area contributed by atoms with Crippen LogP contribution in [0.25, 0.3) is 0 Å². The standard InChI is InChI=1S/C13H13F3N2/c1-9-6-7-10(8-9)17-18-12-5-3-2-4-11(12)13(14,15)16/h2-5,8,18H,6-7H2,1H3/b17-10+. The largest absolute Gasteiger partial charge is 0.418 e. The van der Waals surface area contributed by atoms with Crippen molar-refractivity contribution in [2.45, 2.75) is 25.9 Å². The Morgan fingerprint density at radius 3 is 2.50 bits per heavy atom. The highest BCUT2D eigenvalue weighted by Gasteiger charge is 2.33. The summed E-state index contributed by atoms with van der Waals surface area (Å²) in [5.41, 5.74) is 3.76. The molecule has 0 atom stereocenters. The van der Waals surface area contributed by atoms with E-state index in [4.69, 9.17) is 0 Å². The maximum absolute atomic E-state index is 12.7. The van der Waals surface area contributed by atoms with Gasteiger partial charge in [-0.3, -0.25) is 5.43 Å². The van der Waals surface area contributed by atoms with Crippen molar-refractivity contribution in [3.05, 3.63) is 41.5 Å². The van der Waals surface area contributed by atoms with Gasteiger partial charge in [-0.1, -0.05) is 17.7 Å². The van der Waals surface area contributed by atoms with Crippen LogP contribution in [-0.4, -0.2) is 5.71 Å². The number of benzene rings is 1. The van der Waals surface area contributed by atoms with Crippen molar-refractivity contribution >= 4 is 11.4 Å². The van der Waals surface area contributed by atoms with Gasteiger partial charge in [0.2, 0.25) is 0 Å². The highest BCUT2D eigenvalue weighted by molar-refractivity contribution is 5.98. The molecule has 18 heavy (non-hydrogen) atoms. The molecule has 0 saturated heterocycles. The van der Waals surface area contributed by atoms with E-state index in [-0.39, 0.29) is 5.69 Å². The molecule has 2 rings (SSSR count). The number of hydrazone groups is 1. The third kappa shape index (κ3) is 2.91. The van der Waals surface area contributed by atoms with Gasteiger partial charge >= 0.3 is 6.18 Å². The van der Waals surface area contributed by atoms with E-state index in [9.17, 15) is 13.2 Å². The molecule has 0 aliphatic heterocycles. The van der Waals surface area contributed by atoms with Crippen LogP contribution >= 0.6 is 0 Å². The Kier molecular flexibility index (Phi) is 3.41. The van der Waals surface area contributed by atoms with Gasteiger partial charge in [-0.25, -0.2) is 0 Å². The fourth-order valence-electron chi connectivity index (χ4n) is 1.80. The molecule has 0 bridgehead atoms. The zero-order valence-electron chi connectivity index (χ0n) is 9.88. The first-order chi connectivity index (χ1) is 8.47. The van der Waals surface area contributed by atoms with Gasteiger partial charge < -0.3 is 0 Å². The lowest BCUT2D eigenvalue weighted by Gasteiger charge is -2.11. The lowest BCUT2D eigenvalue weighted by Crippen LogP contribution is -2.09. The normalized spacial score (nSPS) is 18.0. The Hall–Kier alpha value is -1.78. The Morgan fingerprint density at radius 1 is 1.17 bits per heavy atom. The molecule has 0 amide bonds. The maximum atomic E-state index is 12.7. The Morgan fingerprint density at radius 2 is 1.89 bits per heavy atom. The molecular weight excluding hydrogens is 241 g/mol. The minimum atomic E-state index is -4.37. The molecule has 5 heteroatoms. The van der Waals surface area contributed by atoms with Gasteiger partial charge in [0.25, 0.3) is 0 Å². The number of nitrogens with one attached hydrogen (secondary N) is 1. The maximum Gasteiger partial charge on any atom is 0.418 e. The quantitative estimate of drug-likeness (QED) is 0.785. The van der Waals surface area contributed by atoms with E-state index in [1.165, 1.54) is 17.7 Å². The summed E-state index contributed by atoms with van der Waals surface area (Å²) in [5.74, 6) is 0. The molecule has 1 aromatic carbocycles. The lowest BCUT2D eigenvalue weighted by atomic mass is 10.2. The average Bonchev–Trinajstić information content (AvgIpc) is 2.72. The number of hydrogen-bond donors (Lipinski definition) is 1. The summed E-state index contributed by atoms with van der Waals surface area (Å²) in [4.78, 5) is 0. The summed E-state index contributed by atoms with van der Waals surface area (Å²) in [6.07, 6.45) is -0.789. The number of allylic oxidation sites excluding steroid dienone is 2. The SMILES string of the molecule is CC1=C/C(=N/Nc2ccccc2C(F)(F)F)CC1. The third-order valence-electron chi connectivity index (χ3n) is 2.74. The lowest BCUT2D eigenvalue weighted by molar-refractivity contribution is -0.136. The predicted octanol–water partition coefficient (Wildman–Crippen LogP) is 4.21. The fraction of sp³-hybridized carbons (Fsp3) is 0.308. The van der Waals surface area contributed by atoms with Crippen molar-refractivity contribution in [1.29, 1.82) is 0 Å². The van der Waals surface area contributed by atoms with Crippen LogP contribution in [0.2, 0.25) is 0 Å². The second-order valence-corrected chi connectivity index (χ2v) is 4.25. The first-order valence-electron chi connectivity index (χ1n) is 5.63. The molecule has 0 aromatic heterocycles. The summed E-state index contributed by atoms with van der Waals surface area (Å²) in [6, 6.07) is 5.32. The van der Waals surface area contributed by atoms with Crippen LogP contribution in [0.15, 0.2) is 41.0 Å². The molecule has 1 aromatic rings. The highest BCUT2D eigenvalue weighted by atomic mass is 19.4. The van der Waals surface area contributed by atoms with Gasteiger partial charge in [-0.15, -0.1) is 0 Å². The molecule has 1 N–H and O–H groups in total. The van der Waals surface area contributed by atoms with E-state index < -0.39 is 11.7 Å². The summed E-state index contributed by atoms with van der Waals surface area (Å²) < 4.78 is 38.1. The van der Waals surface area contributed by atoms with Gasteiger partial charge in [0.15, 0.2) is 0 Å². The summed E-state index contributed by atoms with van der Waals surface area (Å²) in [5, 5.41) is 4.01. The Labute approximate surface area is 103 Å². The molecule has 0 saturated carbocycles. The van der Waals surface area contributed by atoms with E-state index in [0.29, 0.717) is 0 Å². The van der Waals surface area contributed by atoms with Crippen LogP contribution in [0.5, 0.6) is 0 Å². The van der Waals surface area contributed by atoms with E-state index in [0.717, 1.165) is 24.6 Å². The van der Waals surface area contributed by atoms with Crippen LogP contribution in [-0.2, 0) is 6.18 Å². The van der Waals surface area contributed by atoms with Gasteiger partial charge in [-0.2, -0.15) is 18.3 Å². The Balaban J connectivity index is 2.20. The molecule has 2 nitrogen and oxygen atoms in total. The van der Waals surface area contributed by atoms with Gasteiger partial charge in [0, 0.05) is 0 Å². The zero-order valence-corrected chi connectivity index (χ0v) is 9.88. The number of para-hydroxylation sites is 1. The first kappa shape index (κ1) is 12.7. The number of hydrogen-bond acceptors (Lipinski definition) is 2. The second-order valence-electron chi connectivity index (χ2n) is 4.25. The molecule has 1 aliphatic carbocycles. The zero-order chi connectivity index (χ0) is 13.2. The van der Waals surface area contributed by atoms with Crippen molar-refractivity contribution in [2.75, 3.05) is 5.43 Å². The molecule has 96 valence electrons. The predicted molar refractivity (Wildman–Crippen MR) is 65.5 cm³/mol. The number of alkyl halides is 3. The van der Waals surface area contributed by atoms with E-state index in [1.54, 1.807) is 6.07 Å². The number of rotatable bonds is 2. The number of halogens is 3. The molecule has 0 unspecified atom stereocenters. The minimum Gasteiger partial charge on any atom is -0.278 e. The molecule has 0 spiro atoms. The van der Waals surface area contributed by atoms with Crippen LogP contribution in [0.4, 0.5) is 18.9 Å². The van der Waals surface area contributed by atoms with Crippen molar-refractivity contribution in [1.82, 2.24) is 0 Å². The fourth-order valence-corrected chi connectivity index (χ4v) is 1.80. The van der Waals surface area contributed by atoms with Gasteiger partial charge in [-0.05, 0) is 38.0 Å². The first-order valence-corrected chi connectivity index (χ1v) is 5.63. The molecule has 0 radical (unpaired) electrons. The summed E-state index contributed by atoms with van der Waals surface area (Å²) in [6.45, 7) is 1.98. The van der Waals surface area contributed by atoms with Crippen molar-refractivity contribution in [3.8, 4) is 0 Å². The van der Waals surface area contributed by atoms with E-state index in [2.05, 4.69) is 10.5 Å². The van der Waals surface area contributed by atoms with E-state index >= 15 is 0 Å². The minimum absolute atomic E-state index is 0.0181. The van der Waals surface area contributed by atoms with Crippen molar-refractivity contribution in [3.63, 3.8) is 0 Å². The van der Waals surface area contributed by atoms with Crippen LogP contribution in [0.1, 0.15) is 25.3 Å². The van der Waals surface area contributed by atoms with Crippen LogP contribution < -0.4 is 5.43 Å². The highest BCUT2D eigenvalue weighted by Crippen LogP contribution is 2.34. The number of anilines is 1. The molecule has 0 heterocycles. The number of nitrogens with zero attached hydrogens (tertiary/aromatic N) is 1. The van der Waals surface area contributed by atoms with E-state index in [1.807, 2.05) is 13.0 Å². The smallest absolute Gasteiger partial charge is 0.278 e. The topological polar surface area (TPSA) is 24.4 Å². The average molecular weight is 254 g/mol. The Bertz CT molecular complexity index is 501. The monoisotopic (exact) mass is 254 g/mol. The summed E-state index contributed by atoms with van der Waals surface area (Å²) >= 11 is 0. The van der Waals surface area contributed by atoms with Crippen LogP contribution in [0, 0.1) is 0 Å². The molecule has 0 fully saturated rings. The third-order valence-corrected chi connectivity index (χ3v) is 2.74. The molecular formula is C13H13F3N2. The van der Waals surface area contributed by atoms with Crippen LogP contribution in [0.3, 0.4) is 0 Å². The molecule has 1 aliphatic rings. The van der Waals surface area contributed by atoms with Crippen molar-refractivity contribution < 1.29 is 13.2 Å². The van der Waals surface area contributed by atoms with Gasteiger partial charge in [0.05, 0.1) is 17.0 Å². The van der Waals surface area contributed by atoms with Crippen molar-refractivity contribution in [2.24, 2.45) is 5.10 Å². The second kappa shape index (κ2) is 4.84. The van der Waals surface area contributed by atoms with Gasteiger partial charge in [0.1, 0.15) is 0 Å².